The maximum Gasteiger partial charge on any atom is 0.240 e. The Morgan fingerprint density at radius 3 is 2.33 bits per heavy atom. The van der Waals surface area contributed by atoms with Crippen LogP contribution in [0.25, 0.3) is 0 Å². The molecule has 0 aliphatic heterocycles. The Balaban J connectivity index is 1.76. The zero-order valence-electron chi connectivity index (χ0n) is 11.3. The van der Waals surface area contributed by atoms with Crippen LogP contribution < -0.4 is 4.72 Å². The molecule has 4 nitrogen and oxygen atoms in total. The first-order chi connectivity index (χ1) is 10.1. The predicted octanol–water partition coefficient (Wildman–Crippen LogP) is 2.32. The summed E-state index contributed by atoms with van der Waals surface area (Å²) in [6, 6.07) is 14.3. The molecule has 1 N–H and O–H groups in total. The molecule has 2 rings (SSSR count). The third kappa shape index (κ3) is 4.93. The lowest BCUT2D eigenvalue weighted by Crippen LogP contribution is -2.27. The summed E-state index contributed by atoms with van der Waals surface area (Å²) in [4.78, 5) is 0.0342. The van der Waals surface area contributed by atoms with Crippen LogP contribution in [0.3, 0.4) is 0 Å². The van der Waals surface area contributed by atoms with Gasteiger partial charge in [0.05, 0.1) is 18.1 Å². The molecule has 0 aliphatic carbocycles. The summed E-state index contributed by atoms with van der Waals surface area (Å²) in [5, 5.41) is 0. The van der Waals surface area contributed by atoms with Crippen LogP contribution in [0.1, 0.15) is 5.56 Å². The van der Waals surface area contributed by atoms with Gasteiger partial charge in [0.25, 0.3) is 0 Å². The van der Waals surface area contributed by atoms with Crippen molar-refractivity contribution in [2.24, 2.45) is 0 Å². The van der Waals surface area contributed by atoms with Crippen molar-refractivity contribution in [2.75, 3.05) is 13.2 Å². The van der Waals surface area contributed by atoms with Crippen LogP contribution in [0.2, 0.25) is 0 Å². The first-order valence-corrected chi connectivity index (χ1v) is 7.93. The SMILES string of the molecule is O=S(=O)(NCCOCc1ccccc1)c1ccc(F)cc1. The van der Waals surface area contributed by atoms with Crippen molar-refractivity contribution in [2.45, 2.75) is 11.5 Å². The minimum Gasteiger partial charge on any atom is -0.375 e. The molecule has 0 saturated carbocycles. The number of sulfonamides is 1. The normalized spacial score (nSPS) is 11.5. The van der Waals surface area contributed by atoms with Gasteiger partial charge in [0.15, 0.2) is 0 Å². The molecule has 0 heterocycles. The largest absolute Gasteiger partial charge is 0.375 e. The van der Waals surface area contributed by atoms with Gasteiger partial charge in [0, 0.05) is 6.54 Å². The van der Waals surface area contributed by atoms with E-state index >= 15 is 0 Å². The highest BCUT2D eigenvalue weighted by Crippen LogP contribution is 2.09. The third-order valence-electron chi connectivity index (χ3n) is 2.77. The van der Waals surface area contributed by atoms with E-state index in [2.05, 4.69) is 4.72 Å². The van der Waals surface area contributed by atoms with Crippen LogP contribution in [-0.4, -0.2) is 21.6 Å². The first-order valence-electron chi connectivity index (χ1n) is 6.45. The van der Waals surface area contributed by atoms with Crippen molar-refractivity contribution < 1.29 is 17.5 Å². The number of hydrogen-bond acceptors (Lipinski definition) is 3. The van der Waals surface area contributed by atoms with Gasteiger partial charge in [0.1, 0.15) is 5.82 Å². The van der Waals surface area contributed by atoms with Gasteiger partial charge in [-0.3, -0.25) is 0 Å². The summed E-state index contributed by atoms with van der Waals surface area (Å²) < 4.78 is 44.3. The number of hydrogen-bond donors (Lipinski definition) is 1. The monoisotopic (exact) mass is 309 g/mol. The van der Waals surface area contributed by atoms with Gasteiger partial charge in [-0.05, 0) is 29.8 Å². The lowest BCUT2D eigenvalue weighted by atomic mass is 10.2. The Morgan fingerprint density at radius 2 is 1.67 bits per heavy atom. The molecule has 0 unspecified atom stereocenters. The topological polar surface area (TPSA) is 55.4 Å². The van der Waals surface area contributed by atoms with Crippen molar-refractivity contribution in [1.82, 2.24) is 4.72 Å². The lowest BCUT2D eigenvalue weighted by molar-refractivity contribution is 0.126. The van der Waals surface area contributed by atoms with E-state index < -0.39 is 15.8 Å². The molecule has 0 saturated heterocycles. The molecule has 21 heavy (non-hydrogen) atoms. The third-order valence-corrected chi connectivity index (χ3v) is 4.25. The molecule has 0 radical (unpaired) electrons. The average molecular weight is 309 g/mol. The predicted molar refractivity (Wildman–Crippen MR) is 77.7 cm³/mol. The lowest BCUT2D eigenvalue weighted by Gasteiger charge is -2.07. The van der Waals surface area contributed by atoms with Crippen LogP contribution in [0.15, 0.2) is 59.5 Å². The van der Waals surface area contributed by atoms with Crippen LogP contribution in [0.4, 0.5) is 4.39 Å². The average Bonchev–Trinajstić information content (AvgIpc) is 2.48. The second-order valence-electron chi connectivity index (χ2n) is 4.39. The Morgan fingerprint density at radius 1 is 1.00 bits per heavy atom. The summed E-state index contributed by atoms with van der Waals surface area (Å²) in [5.41, 5.74) is 1.03. The molecule has 0 fully saturated rings. The van der Waals surface area contributed by atoms with Gasteiger partial charge in [-0.1, -0.05) is 30.3 Å². The molecule has 0 amide bonds. The summed E-state index contributed by atoms with van der Waals surface area (Å²) in [6.45, 7) is 0.848. The molecule has 0 spiro atoms. The number of nitrogens with one attached hydrogen (secondary N) is 1. The Bertz CT molecular complexity index is 657. The maximum atomic E-state index is 12.8. The van der Waals surface area contributed by atoms with Crippen molar-refractivity contribution in [1.29, 1.82) is 0 Å². The molecule has 2 aromatic rings. The summed E-state index contributed by atoms with van der Waals surface area (Å²) in [7, 11) is -3.62. The Kier molecular flexibility index (Phi) is 5.44. The quantitative estimate of drug-likeness (QED) is 0.799. The van der Waals surface area contributed by atoms with Gasteiger partial charge in [-0.2, -0.15) is 0 Å². The van der Waals surface area contributed by atoms with E-state index in [0.717, 1.165) is 17.7 Å². The standard InChI is InChI=1S/C15H16FNO3S/c16-14-6-8-15(9-7-14)21(18,19)17-10-11-20-12-13-4-2-1-3-5-13/h1-9,17H,10-12H2. The second-order valence-corrected chi connectivity index (χ2v) is 6.16. The fourth-order valence-electron chi connectivity index (χ4n) is 1.71. The molecular formula is C15H16FNO3S. The highest BCUT2D eigenvalue weighted by atomic mass is 32.2. The Labute approximate surface area is 123 Å². The number of rotatable bonds is 7. The zero-order chi connectivity index (χ0) is 15.1. The van der Waals surface area contributed by atoms with Crippen molar-refractivity contribution >= 4 is 10.0 Å². The van der Waals surface area contributed by atoms with E-state index in [1.807, 2.05) is 30.3 Å². The van der Waals surface area contributed by atoms with Gasteiger partial charge >= 0.3 is 0 Å². The van der Waals surface area contributed by atoms with E-state index in [9.17, 15) is 12.8 Å². The molecule has 0 aromatic heterocycles. The van der Waals surface area contributed by atoms with Crippen LogP contribution in [0, 0.1) is 5.82 Å². The molecule has 112 valence electrons. The van der Waals surface area contributed by atoms with E-state index in [4.69, 9.17) is 4.74 Å². The molecule has 0 aliphatic rings. The van der Waals surface area contributed by atoms with E-state index in [0.29, 0.717) is 6.61 Å². The maximum absolute atomic E-state index is 12.8. The summed E-state index contributed by atoms with van der Waals surface area (Å²) in [6.07, 6.45) is 0. The van der Waals surface area contributed by atoms with E-state index in [1.165, 1.54) is 12.1 Å². The van der Waals surface area contributed by atoms with Crippen LogP contribution in [0.5, 0.6) is 0 Å². The summed E-state index contributed by atoms with van der Waals surface area (Å²) >= 11 is 0. The molecule has 2 aromatic carbocycles. The molecule has 0 atom stereocenters. The number of benzene rings is 2. The smallest absolute Gasteiger partial charge is 0.240 e. The minimum absolute atomic E-state index is 0.0342. The van der Waals surface area contributed by atoms with Gasteiger partial charge in [0.2, 0.25) is 10.0 Å². The minimum atomic E-state index is -3.62. The highest BCUT2D eigenvalue weighted by molar-refractivity contribution is 7.89. The van der Waals surface area contributed by atoms with Crippen LogP contribution >= 0.6 is 0 Å². The van der Waals surface area contributed by atoms with Gasteiger partial charge in [-0.15, -0.1) is 0 Å². The fraction of sp³-hybridized carbons (Fsp3) is 0.200. The van der Waals surface area contributed by atoms with Crippen molar-refractivity contribution in [3.63, 3.8) is 0 Å². The number of ether oxygens (including phenoxy) is 1. The van der Waals surface area contributed by atoms with Crippen molar-refractivity contribution in [3.8, 4) is 0 Å². The Hall–Kier alpha value is -1.76. The first kappa shape index (κ1) is 15.6. The second kappa shape index (κ2) is 7.31. The van der Waals surface area contributed by atoms with Crippen LogP contribution in [-0.2, 0) is 21.4 Å². The van der Waals surface area contributed by atoms with Gasteiger partial charge < -0.3 is 4.74 Å². The molecule has 6 heteroatoms. The van der Waals surface area contributed by atoms with E-state index in [-0.39, 0.29) is 18.0 Å². The fourth-order valence-corrected chi connectivity index (χ4v) is 2.72. The van der Waals surface area contributed by atoms with Crippen molar-refractivity contribution in [3.05, 3.63) is 66.0 Å². The van der Waals surface area contributed by atoms with Gasteiger partial charge in [-0.25, -0.2) is 17.5 Å². The van der Waals surface area contributed by atoms with E-state index in [1.54, 1.807) is 0 Å². The highest BCUT2D eigenvalue weighted by Gasteiger charge is 2.12. The molecule has 0 bridgehead atoms. The zero-order valence-corrected chi connectivity index (χ0v) is 12.1. The summed E-state index contributed by atoms with van der Waals surface area (Å²) in [5.74, 6) is -0.472. The number of halogens is 1. The molecular weight excluding hydrogens is 293 g/mol.